The summed E-state index contributed by atoms with van der Waals surface area (Å²) in [5.41, 5.74) is 3.32. The quantitative estimate of drug-likeness (QED) is 0.326. The van der Waals surface area contributed by atoms with Crippen LogP contribution >= 0.6 is 23.4 Å². The number of hydrogen-bond acceptors (Lipinski definition) is 7. The molecule has 8 nitrogen and oxygen atoms in total. The van der Waals surface area contributed by atoms with Crippen LogP contribution in [0.2, 0.25) is 5.02 Å². The minimum Gasteiger partial charge on any atom is -0.465 e. The molecule has 1 aliphatic heterocycles. The molecule has 1 aliphatic rings. The van der Waals surface area contributed by atoms with Crippen LogP contribution in [-0.2, 0) is 14.3 Å². The Morgan fingerprint density at radius 1 is 1.14 bits per heavy atom. The van der Waals surface area contributed by atoms with E-state index in [1.54, 1.807) is 36.4 Å². The molecule has 0 atom stereocenters. The highest BCUT2D eigenvalue weighted by Gasteiger charge is 2.36. The van der Waals surface area contributed by atoms with Gasteiger partial charge in [0.2, 0.25) is 5.91 Å². The number of amides is 3. The van der Waals surface area contributed by atoms with Gasteiger partial charge in [0, 0.05) is 17.3 Å². The number of furan rings is 1. The summed E-state index contributed by atoms with van der Waals surface area (Å²) in [6.07, 6.45) is 1.44. The van der Waals surface area contributed by atoms with E-state index in [4.69, 9.17) is 20.8 Å². The van der Waals surface area contributed by atoms with Gasteiger partial charge in [0.15, 0.2) is 0 Å². The van der Waals surface area contributed by atoms with E-state index in [1.807, 2.05) is 26.0 Å². The fourth-order valence-electron chi connectivity index (χ4n) is 3.52. The molecule has 0 spiro atoms. The Labute approximate surface area is 216 Å². The zero-order chi connectivity index (χ0) is 26.0. The number of benzene rings is 2. The van der Waals surface area contributed by atoms with Crippen LogP contribution in [0.4, 0.5) is 10.5 Å². The van der Waals surface area contributed by atoms with Crippen LogP contribution in [-0.4, -0.2) is 41.6 Å². The molecule has 2 aromatic carbocycles. The van der Waals surface area contributed by atoms with E-state index in [-0.39, 0.29) is 15.5 Å². The molecule has 10 heteroatoms. The molecule has 1 N–H and O–H groups in total. The number of esters is 1. The fourth-order valence-corrected chi connectivity index (χ4v) is 4.53. The minimum absolute atomic E-state index is 0.131. The van der Waals surface area contributed by atoms with Crippen LogP contribution < -0.4 is 5.32 Å². The van der Waals surface area contributed by atoms with E-state index >= 15 is 0 Å². The van der Waals surface area contributed by atoms with Crippen molar-refractivity contribution < 1.29 is 28.3 Å². The van der Waals surface area contributed by atoms with E-state index in [0.717, 1.165) is 27.8 Å². The highest BCUT2D eigenvalue weighted by molar-refractivity contribution is 8.18. The first-order valence-corrected chi connectivity index (χ1v) is 12.0. The predicted molar refractivity (Wildman–Crippen MR) is 138 cm³/mol. The summed E-state index contributed by atoms with van der Waals surface area (Å²) in [5.74, 6) is -0.890. The lowest BCUT2D eigenvalue weighted by Crippen LogP contribution is -2.36. The van der Waals surface area contributed by atoms with Gasteiger partial charge in [-0.3, -0.25) is 19.3 Å². The van der Waals surface area contributed by atoms with Gasteiger partial charge in [-0.1, -0.05) is 23.7 Å². The van der Waals surface area contributed by atoms with Gasteiger partial charge in [-0.05, 0) is 73.1 Å². The van der Waals surface area contributed by atoms with Gasteiger partial charge in [0.25, 0.3) is 11.1 Å². The number of nitrogens with one attached hydrogen (secondary N) is 1. The summed E-state index contributed by atoms with van der Waals surface area (Å²) in [6, 6.07) is 13.6. The second-order valence-electron chi connectivity index (χ2n) is 7.95. The first kappa shape index (κ1) is 25.3. The number of thioether (sulfide) groups is 1. The molecule has 0 aliphatic carbocycles. The molecule has 184 valence electrons. The summed E-state index contributed by atoms with van der Waals surface area (Å²) in [7, 11) is 1.26. The number of rotatable bonds is 6. The SMILES string of the molecule is COC(=O)c1cc(-c2ccc(/C=C3/SC(=O)N(CC(=O)Nc4cccc(C)c4C)C3=O)o2)ccc1Cl. The molecule has 1 aromatic heterocycles. The second-order valence-corrected chi connectivity index (χ2v) is 9.35. The van der Waals surface area contributed by atoms with Crippen LogP contribution in [0.1, 0.15) is 27.2 Å². The molecular formula is C26H21ClN2O6S. The third kappa shape index (κ3) is 5.22. The summed E-state index contributed by atoms with van der Waals surface area (Å²) in [6.45, 7) is 3.41. The van der Waals surface area contributed by atoms with E-state index in [2.05, 4.69) is 5.32 Å². The molecule has 3 aromatic rings. The molecular weight excluding hydrogens is 504 g/mol. The number of carbonyl (C=O) groups is 4. The lowest BCUT2D eigenvalue weighted by Gasteiger charge is -2.14. The van der Waals surface area contributed by atoms with Crippen molar-refractivity contribution in [2.24, 2.45) is 0 Å². The first-order chi connectivity index (χ1) is 17.2. The molecule has 0 radical (unpaired) electrons. The maximum Gasteiger partial charge on any atom is 0.339 e. The molecule has 0 bridgehead atoms. The van der Waals surface area contributed by atoms with E-state index in [1.165, 1.54) is 13.2 Å². The number of methoxy groups -OCH3 is 1. The average molecular weight is 525 g/mol. The van der Waals surface area contributed by atoms with Crippen LogP contribution in [0, 0.1) is 13.8 Å². The third-order valence-electron chi connectivity index (χ3n) is 5.61. The van der Waals surface area contributed by atoms with Gasteiger partial charge in [0.05, 0.1) is 22.6 Å². The molecule has 0 unspecified atom stereocenters. The number of ether oxygens (including phenoxy) is 1. The number of imide groups is 1. The maximum atomic E-state index is 12.8. The number of nitrogens with zero attached hydrogens (tertiary/aromatic N) is 1. The van der Waals surface area contributed by atoms with Crippen molar-refractivity contribution in [3.05, 3.63) is 80.9 Å². The normalized spacial score (nSPS) is 14.4. The fraction of sp³-hybridized carbons (Fsp3) is 0.154. The van der Waals surface area contributed by atoms with E-state index in [9.17, 15) is 19.2 Å². The number of hydrogen-bond donors (Lipinski definition) is 1. The zero-order valence-electron chi connectivity index (χ0n) is 19.6. The molecule has 3 amide bonds. The van der Waals surface area contributed by atoms with Crippen LogP contribution in [0.5, 0.6) is 0 Å². The molecule has 2 heterocycles. The van der Waals surface area contributed by atoms with E-state index in [0.29, 0.717) is 22.8 Å². The summed E-state index contributed by atoms with van der Waals surface area (Å²) in [4.78, 5) is 50.7. The Morgan fingerprint density at radius 2 is 1.92 bits per heavy atom. The van der Waals surface area contributed by atoms with Gasteiger partial charge in [0.1, 0.15) is 18.1 Å². The maximum absolute atomic E-state index is 12.8. The third-order valence-corrected chi connectivity index (χ3v) is 6.85. The monoisotopic (exact) mass is 524 g/mol. The van der Waals surface area contributed by atoms with Crippen LogP contribution in [0.15, 0.2) is 57.9 Å². The molecule has 4 rings (SSSR count). The largest absolute Gasteiger partial charge is 0.465 e. The minimum atomic E-state index is -0.585. The van der Waals surface area contributed by atoms with Crippen LogP contribution in [0.25, 0.3) is 17.4 Å². The van der Waals surface area contributed by atoms with Gasteiger partial charge < -0.3 is 14.5 Å². The molecule has 1 saturated heterocycles. The van der Waals surface area contributed by atoms with E-state index < -0.39 is 29.6 Å². The second kappa shape index (κ2) is 10.4. The van der Waals surface area contributed by atoms with Crippen molar-refractivity contribution in [1.82, 2.24) is 4.90 Å². The summed E-state index contributed by atoms with van der Waals surface area (Å²) < 4.78 is 10.5. The number of carbonyl (C=O) groups excluding carboxylic acids is 4. The lowest BCUT2D eigenvalue weighted by atomic mass is 10.1. The van der Waals surface area contributed by atoms with Gasteiger partial charge in [-0.25, -0.2) is 4.79 Å². The Hall–Kier alpha value is -3.82. The number of anilines is 1. The van der Waals surface area contributed by atoms with Crippen LogP contribution in [0.3, 0.4) is 0 Å². The van der Waals surface area contributed by atoms with Crippen molar-refractivity contribution in [1.29, 1.82) is 0 Å². The number of aryl methyl sites for hydroxylation is 1. The van der Waals surface area contributed by atoms with Gasteiger partial charge in [-0.15, -0.1) is 0 Å². The van der Waals surface area contributed by atoms with Crippen molar-refractivity contribution in [3.63, 3.8) is 0 Å². The molecule has 36 heavy (non-hydrogen) atoms. The summed E-state index contributed by atoms with van der Waals surface area (Å²) in [5, 5.41) is 2.45. The smallest absolute Gasteiger partial charge is 0.339 e. The van der Waals surface area contributed by atoms with Crippen molar-refractivity contribution in [3.8, 4) is 11.3 Å². The highest BCUT2D eigenvalue weighted by atomic mass is 35.5. The van der Waals surface area contributed by atoms with Crippen molar-refractivity contribution >= 4 is 58.1 Å². The van der Waals surface area contributed by atoms with Crippen molar-refractivity contribution in [2.75, 3.05) is 19.0 Å². The standard InChI is InChI=1S/C26H21ClN2O6S/c1-14-5-4-6-20(15(14)2)28-23(30)13-29-24(31)22(36-26(29)33)12-17-8-10-21(35-17)16-7-9-19(27)18(11-16)25(32)34-3/h4-12H,13H2,1-3H3,(H,28,30)/b22-12+. The molecule has 0 saturated carbocycles. The van der Waals surface area contributed by atoms with Gasteiger partial charge in [-0.2, -0.15) is 0 Å². The lowest BCUT2D eigenvalue weighted by molar-refractivity contribution is -0.127. The number of halogens is 1. The predicted octanol–water partition coefficient (Wildman–Crippen LogP) is 5.68. The Balaban J connectivity index is 1.48. The Kier molecular flexibility index (Phi) is 7.32. The Morgan fingerprint density at radius 3 is 2.67 bits per heavy atom. The van der Waals surface area contributed by atoms with Crippen molar-refractivity contribution in [2.45, 2.75) is 13.8 Å². The highest BCUT2D eigenvalue weighted by Crippen LogP contribution is 2.34. The average Bonchev–Trinajstić information content (AvgIpc) is 3.42. The summed E-state index contributed by atoms with van der Waals surface area (Å²) >= 11 is 6.80. The molecule has 1 fully saturated rings. The van der Waals surface area contributed by atoms with Gasteiger partial charge >= 0.3 is 5.97 Å². The Bertz CT molecular complexity index is 1430. The first-order valence-electron chi connectivity index (χ1n) is 10.8. The topological polar surface area (TPSA) is 106 Å². The zero-order valence-corrected chi connectivity index (χ0v) is 21.2.